The van der Waals surface area contributed by atoms with Crippen LogP contribution in [-0.2, 0) is 0 Å². The quantitative estimate of drug-likeness (QED) is 0.830. The van der Waals surface area contributed by atoms with E-state index in [1.165, 1.54) is 0 Å². The SMILES string of the molecule is CCNc1ccccc1C(=O)Nc1cc(Cl)ccc1Br. The molecule has 104 valence electrons. The molecule has 2 aromatic rings. The summed E-state index contributed by atoms with van der Waals surface area (Å²) in [5.74, 6) is -0.176. The van der Waals surface area contributed by atoms with Crippen LogP contribution >= 0.6 is 27.5 Å². The second-order valence-electron chi connectivity index (χ2n) is 4.15. The smallest absolute Gasteiger partial charge is 0.257 e. The minimum absolute atomic E-state index is 0.176. The summed E-state index contributed by atoms with van der Waals surface area (Å²) >= 11 is 9.33. The Morgan fingerprint density at radius 3 is 2.70 bits per heavy atom. The zero-order valence-corrected chi connectivity index (χ0v) is 13.3. The zero-order valence-electron chi connectivity index (χ0n) is 10.9. The van der Waals surface area contributed by atoms with Gasteiger partial charge in [-0.3, -0.25) is 4.79 Å². The summed E-state index contributed by atoms with van der Waals surface area (Å²) in [6, 6.07) is 12.7. The lowest BCUT2D eigenvalue weighted by Crippen LogP contribution is -2.15. The molecule has 2 aromatic carbocycles. The molecule has 5 heteroatoms. The second-order valence-corrected chi connectivity index (χ2v) is 5.44. The number of para-hydroxylation sites is 1. The number of benzene rings is 2. The lowest BCUT2D eigenvalue weighted by atomic mass is 10.1. The maximum absolute atomic E-state index is 12.4. The second kappa shape index (κ2) is 6.77. The molecule has 0 aliphatic heterocycles. The van der Waals surface area contributed by atoms with Gasteiger partial charge >= 0.3 is 0 Å². The lowest BCUT2D eigenvalue weighted by Gasteiger charge is -2.12. The number of carbonyl (C=O) groups excluding carboxylic acids is 1. The summed E-state index contributed by atoms with van der Waals surface area (Å²) in [4.78, 5) is 12.4. The van der Waals surface area contributed by atoms with Crippen LogP contribution in [0.5, 0.6) is 0 Å². The Hall–Kier alpha value is -1.52. The van der Waals surface area contributed by atoms with E-state index >= 15 is 0 Å². The third-order valence-corrected chi connectivity index (χ3v) is 3.64. The summed E-state index contributed by atoms with van der Waals surface area (Å²) in [6.45, 7) is 2.74. The molecule has 2 N–H and O–H groups in total. The van der Waals surface area contributed by atoms with Gasteiger partial charge in [-0.05, 0) is 53.2 Å². The van der Waals surface area contributed by atoms with E-state index < -0.39 is 0 Å². The monoisotopic (exact) mass is 352 g/mol. The van der Waals surface area contributed by atoms with Crippen LogP contribution in [0.3, 0.4) is 0 Å². The predicted molar refractivity (Wildman–Crippen MR) is 87.7 cm³/mol. The van der Waals surface area contributed by atoms with E-state index in [0.717, 1.165) is 16.7 Å². The van der Waals surface area contributed by atoms with Crippen LogP contribution in [0.25, 0.3) is 0 Å². The first-order chi connectivity index (χ1) is 9.61. The predicted octanol–water partition coefficient (Wildman–Crippen LogP) is 4.79. The van der Waals surface area contributed by atoms with Gasteiger partial charge in [0, 0.05) is 21.7 Å². The summed E-state index contributed by atoms with van der Waals surface area (Å²) in [6.07, 6.45) is 0. The fourth-order valence-corrected chi connectivity index (χ4v) is 2.33. The minimum Gasteiger partial charge on any atom is -0.385 e. The third-order valence-electron chi connectivity index (χ3n) is 2.72. The standard InChI is InChI=1S/C15H14BrClN2O/c1-2-18-13-6-4-3-5-11(13)15(20)19-14-9-10(17)7-8-12(14)16/h3-9,18H,2H2,1H3,(H,19,20). The normalized spacial score (nSPS) is 10.2. The number of anilines is 2. The Balaban J connectivity index is 2.26. The van der Waals surface area contributed by atoms with Crippen LogP contribution < -0.4 is 10.6 Å². The average molecular weight is 354 g/mol. The third kappa shape index (κ3) is 3.52. The first-order valence-corrected chi connectivity index (χ1v) is 7.38. The molecule has 0 heterocycles. The highest BCUT2D eigenvalue weighted by atomic mass is 79.9. The van der Waals surface area contributed by atoms with E-state index in [0.29, 0.717) is 16.3 Å². The molecule has 0 unspecified atom stereocenters. The van der Waals surface area contributed by atoms with Crippen molar-refractivity contribution in [2.45, 2.75) is 6.92 Å². The van der Waals surface area contributed by atoms with Crippen molar-refractivity contribution in [1.29, 1.82) is 0 Å². The van der Waals surface area contributed by atoms with Gasteiger partial charge in [0.15, 0.2) is 0 Å². The summed E-state index contributed by atoms with van der Waals surface area (Å²) in [7, 11) is 0. The van der Waals surface area contributed by atoms with Crippen molar-refractivity contribution in [2.24, 2.45) is 0 Å². The molecule has 3 nitrogen and oxygen atoms in total. The summed E-state index contributed by atoms with van der Waals surface area (Å²) < 4.78 is 0.788. The molecule has 0 aliphatic rings. The van der Waals surface area contributed by atoms with Gasteiger partial charge in [0.2, 0.25) is 0 Å². The number of halogens is 2. The molecule has 0 atom stereocenters. The van der Waals surface area contributed by atoms with Crippen molar-refractivity contribution < 1.29 is 4.79 Å². The molecule has 0 aromatic heterocycles. The number of hydrogen-bond acceptors (Lipinski definition) is 2. The van der Waals surface area contributed by atoms with Crippen molar-refractivity contribution in [1.82, 2.24) is 0 Å². The Morgan fingerprint density at radius 1 is 1.20 bits per heavy atom. The first kappa shape index (κ1) is 14.9. The largest absolute Gasteiger partial charge is 0.385 e. The number of rotatable bonds is 4. The molecule has 2 rings (SSSR count). The first-order valence-electron chi connectivity index (χ1n) is 6.21. The Kier molecular flexibility index (Phi) is 5.04. The van der Waals surface area contributed by atoms with Gasteiger partial charge in [-0.2, -0.15) is 0 Å². The molecular weight excluding hydrogens is 340 g/mol. The van der Waals surface area contributed by atoms with E-state index in [1.54, 1.807) is 24.3 Å². The molecular formula is C15H14BrClN2O. The van der Waals surface area contributed by atoms with E-state index in [4.69, 9.17) is 11.6 Å². The molecule has 0 radical (unpaired) electrons. The maximum Gasteiger partial charge on any atom is 0.257 e. The Morgan fingerprint density at radius 2 is 1.95 bits per heavy atom. The molecule has 0 spiro atoms. The van der Waals surface area contributed by atoms with Gasteiger partial charge in [0.25, 0.3) is 5.91 Å². The number of nitrogens with one attached hydrogen (secondary N) is 2. The van der Waals surface area contributed by atoms with Crippen molar-refractivity contribution >= 4 is 44.8 Å². The van der Waals surface area contributed by atoms with Crippen LogP contribution in [0.2, 0.25) is 5.02 Å². The summed E-state index contributed by atoms with van der Waals surface area (Å²) in [5.41, 5.74) is 2.06. The molecule has 0 aliphatic carbocycles. The van der Waals surface area contributed by atoms with E-state index in [1.807, 2.05) is 25.1 Å². The number of amides is 1. The highest BCUT2D eigenvalue weighted by molar-refractivity contribution is 9.10. The van der Waals surface area contributed by atoms with Crippen LogP contribution in [0.1, 0.15) is 17.3 Å². The molecule has 20 heavy (non-hydrogen) atoms. The van der Waals surface area contributed by atoms with Crippen LogP contribution in [0.15, 0.2) is 46.9 Å². The van der Waals surface area contributed by atoms with Crippen LogP contribution in [0.4, 0.5) is 11.4 Å². The van der Waals surface area contributed by atoms with Gasteiger partial charge in [0.05, 0.1) is 11.3 Å². The Labute approximate surface area is 131 Å². The molecule has 0 saturated heterocycles. The molecule has 1 amide bonds. The van der Waals surface area contributed by atoms with Crippen molar-refractivity contribution in [2.75, 3.05) is 17.2 Å². The van der Waals surface area contributed by atoms with E-state index in [-0.39, 0.29) is 5.91 Å². The van der Waals surface area contributed by atoms with Gasteiger partial charge in [-0.25, -0.2) is 0 Å². The fourth-order valence-electron chi connectivity index (χ4n) is 1.81. The molecule has 0 bridgehead atoms. The Bertz CT molecular complexity index is 631. The van der Waals surface area contributed by atoms with Gasteiger partial charge < -0.3 is 10.6 Å². The number of hydrogen-bond donors (Lipinski definition) is 2. The number of carbonyl (C=O) groups is 1. The lowest BCUT2D eigenvalue weighted by molar-refractivity contribution is 0.102. The topological polar surface area (TPSA) is 41.1 Å². The molecule has 0 fully saturated rings. The fraction of sp³-hybridized carbons (Fsp3) is 0.133. The molecule has 0 saturated carbocycles. The van der Waals surface area contributed by atoms with Gasteiger partial charge in [0.1, 0.15) is 0 Å². The van der Waals surface area contributed by atoms with Crippen LogP contribution in [-0.4, -0.2) is 12.5 Å². The van der Waals surface area contributed by atoms with E-state index in [2.05, 4.69) is 26.6 Å². The maximum atomic E-state index is 12.4. The minimum atomic E-state index is -0.176. The van der Waals surface area contributed by atoms with Crippen molar-refractivity contribution in [3.63, 3.8) is 0 Å². The average Bonchev–Trinajstić information content (AvgIpc) is 2.44. The zero-order chi connectivity index (χ0) is 14.5. The van der Waals surface area contributed by atoms with Gasteiger partial charge in [-0.1, -0.05) is 23.7 Å². The van der Waals surface area contributed by atoms with Crippen molar-refractivity contribution in [3.05, 3.63) is 57.5 Å². The highest BCUT2D eigenvalue weighted by Gasteiger charge is 2.12. The van der Waals surface area contributed by atoms with E-state index in [9.17, 15) is 4.79 Å². The van der Waals surface area contributed by atoms with Gasteiger partial charge in [-0.15, -0.1) is 0 Å². The van der Waals surface area contributed by atoms with Crippen molar-refractivity contribution in [3.8, 4) is 0 Å². The summed E-state index contributed by atoms with van der Waals surface area (Å²) in [5, 5.41) is 6.60. The van der Waals surface area contributed by atoms with Crippen LogP contribution in [0, 0.1) is 0 Å². The highest BCUT2D eigenvalue weighted by Crippen LogP contribution is 2.27.